The maximum Gasteiger partial charge on any atom is 0.315 e. The highest BCUT2D eigenvalue weighted by atomic mass is 35.5. The van der Waals surface area contributed by atoms with Crippen LogP contribution in [0.4, 0.5) is 17.1 Å². The first-order valence-corrected chi connectivity index (χ1v) is 22.7. The van der Waals surface area contributed by atoms with Gasteiger partial charge in [-0.3, -0.25) is 24.5 Å². The predicted molar refractivity (Wildman–Crippen MR) is 278 cm³/mol. The van der Waals surface area contributed by atoms with E-state index in [0.717, 1.165) is 50.3 Å². The van der Waals surface area contributed by atoms with E-state index in [0.29, 0.717) is 43.6 Å². The number of nitrogens with zero attached hydrogens (tertiary/aromatic N) is 3. The Balaban J connectivity index is 0.000000845. The fourth-order valence-corrected chi connectivity index (χ4v) is 5.67. The Labute approximate surface area is 412 Å². The molecule has 0 aliphatic heterocycles. The maximum absolute atomic E-state index is 11.8. The van der Waals surface area contributed by atoms with Crippen molar-refractivity contribution in [3.05, 3.63) is 138 Å². The highest BCUT2D eigenvalue weighted by Crippen LogP contribution is 2.23. The second kappa shape index (κ2) is 34.5. The van der Waals surface area contributed by atoms with Gasteiger partial charge in [0.1, 0.15) is 12.8 Å². The number of H-pyrrole nitrogens is 1. The Morgan fingerprint density at radius 2 is 1.20 bits per heavy atom. The summed E-state index contributed by atoms with van der Waals surface area (Å²) in [6, 6.07) is 22.2. The lowest BCUT2D eigenvalue weighted by Gasteiger charge is -2.09. The number of fused-ring (bicyclic) bond motifs is 1. The lowest BCUT2D eigenvalue weighted by molar-refractivity contribution is -0.385. The minimum atomic E-state index is -0.419. The highest BCUT2D eigenvalue weighted by molar-refractivity contribution is 6.20. The van der Waals surface area contributed by atoms with Crippen LogP contribution in [0, 0.1) is 65.5 Å². The maximum atomic E-state index is 11.8. The molecule has 17 heteroatoms. The number of anilines is 1. The summed E-state index contributed by atoms with van der Waals surface area (Å²) < 4.78 is 28.1. The van der Waals surface area contributed by atoms with Crippen LogP contribution in [0.2, 0.25) is 0 Å². The number of halogens is 1. The molecule has 0 amide bonds. The first kappa shape index (κ1) is 62.2. The van der Waals surface area contributed by atoms with Gasteiger partial charge in [-0.05, 0) is 147 Å². The molecule has 4 aromatic carbocycles. The van der Waals surface area contributed by atoms with Gasteiger partial charge in [0, 0.05) is 47.2 Å². The fraction of sp³-hybridized carbons (Fsp3) is 0.404. The lowest BCUT2D eigenvalue weighted by Crippen LogP contribution is -2.14. The number of aryl methyl sites for hydroxylation is 5. The number of aromatic amines is 1. The van der Waals surface area contributed by atoms with Gasteiger partial charge in [-0.15, -0.1) is 4.51 Å². The number of hydrogen-bond acceptors (Lipinski definition) is 14. The van der Waals surface area contributed by atoms with Crippen molar-refractivity contribution in [2.24, 2.45) is 9.50 Å². The van der Waals surface area contributed by atoms with Crippen LogP contribution < -0.4 is 15.9 Å². The van der Waals surface area contributed by atoms with Crippen LogP contribution >= 0.6 is 11.8 Å². The molecule has 1 aromatic heterocycles. The van der Waals surface area contributed by atoms with E-state index in [1.807, 2.05) is 104 Å². The van der Waals surface area contributed by atoms with Gasteiger partial charge in [-0.25, -0.2) is 4.99 Å². The monoisotopic (exact) mass is 977 g/mol. The summed E-state index contributed by atoms with van der Waals surface area (Å²) in [7, 11) is 1.29. The Morgan fingerprint density at radius 1 is 0.696 bits per heavy atom. The Kier molecular flexibility index (Phi) is 31.1. The van der Waals surface area contributed by atoms with E-state index in [2.05, 4.69) is 32.2 Å². The molecule has 0 saturated carbocycles. The Hall–Kier alpha value is -6.78. The predicted octanol–water partition coefficient (Wildman–Crippen LogP) is 11.1. The second-order valence-corrected chi connectivity index (χ2v) is 14.9. The van der Waals surface area contributed by atoms with Crippen LogP contribution in [0.3, 0.4) is 0 Å². The summed E-state index contributed by atoms with van der Waals surface area (Å²) in [5, 5.41) is 18.7. The molecule has 0 unspecified atom stereocenters. The molecule has 1 heterocycles. The molecule has 0 atom stereocenters. The van der Waals surface area contributed by atoms with Gasteiger partial charge in [0.2, 0.25) is 5.90 Å². The van der Waals surface area contributed by atoms with Crippen LogP contribution in [-0.4, -0.2) is 78.9 Å². The van der Waals surface area contributed by atoms with Crippen LogP contribution in [-0.2, 0) is 28.5 Å². The number of pyridine rings is 1. The molecule has 0 aliphatic rings. The molecule has 69 heavy (non-hydrogen) atoms. The molecule has 0 spiro atoms. The van der Waals surface area contributed by atoms with E-state index in [1.54, 1.807) is 33.8 Å². The van der Waals surface area contributed by atoms with Gasteiger partial charge < -0.3 is 39.5 Å². The molecule has 5 rings (SSSR count). The van der Waals surface area contributed by atoms with Crippen LogP contribution in [0.15, 0.2) is 87.1 Å². The Bertz CT molecular complexity index is 2480. The van der Waals surface area contributed by atoms with E-state index < -0.39 is 5.97 Å². The van der Waals surface area contributed by atoms with Crippen LogP contribution in [0.1, 0.15) is 92.0 Å². The fourth-order valence-electron chi connectivity index (χ4n) is 5.56. The zero-order chi connectivity index (χ0) is 52.6. The molecular weight excluding hydrogens is 906 g/mol. The highest BCUT2D eigenvalue weighted by Gasteiger charge is 2.12. The lowest BCUT2D eigenvalue weighted by atomic mass is 10.1. The Morgan fingerprint density at radius 3 is 1.70 bits per heavy atom. The molecule has 0 fully saturated rings. The zero-order valence-electron chi connectivity index (χ0n) is 42.7. The molecule has 4 N–H and O–H groups in total. The number of ether oxygens (including phenoxy) is 5. The van der Waals surface area contributed by atoms with Crippen molar-refractivity contribution >= 4 is 63.5 Å². The normalized spacial score (nSPS) is 10.4. The first-order chi connectivity index (χ1) is 32.7. The number of methoxy groups -OCH3 is 1. The minimum Gasteiger partial charge on any atom is -0.481 e. The van der Waals surface area contributed by atoms with E-state index >= 15 is 0 Å². The smallest absolute Gasteiger partial charge is 0.315 e. The number of aliphatic hydroxyl groups is 1. The standard InChI is InChI=1S/C15H21NO3.C13H15NO2.C8H9NO2.C8H11N.C6H10ClNO3.C2H6O/c1-5-18-14(10-15(17)19-6-2)16-13-9-7-8-11(3)12(13)4;1-4-16-12-7-11(15)10-6-5-8(2)9(3)13(10)14-12;1-6-4-3-5-8(7(6)2)9(10)11;1-6-4-3-5-8(9)7(6)2;1-3-11-5(8-7)4-6(9)10-2;1-2-3/h7-9H,5-6,10H2,1-4H3;5-7H,4H2,1-3H3,(H,14,15);3-5H,1-2H3;3-5H,9H2,1-2H3;3-4H2,1-2H3;3H,2H2,1H3. The third-order valence-electron chi connectivity index (χ3n) is 9.89. The molecule has 0 radical (unpaired) electrons. The summed E-state index contributed by atoms with van der Waals surface area (Å²) in [6.45, 7) is 26.8. The third kappa shape index (κ3) is 23.2. The van der Waals surface area contributed by atoms with Gasteiger partial charge in [-0.1, -0.05) is 42.5 Å². The van der Waals surface area contributed by atoms with Crippen molar-refractivity contribution in [1.82, 2.24) is 4.98 Å². The molecular formula is C52H72ClN5O11. The number of nitrogen functional groups attached to an aromatic ring is 1. The number of aliphatic hydroxyl groups excluding tert-OH is 1. The molecule has 0 aliphatic carbocycles. The van der Waals surface area contributed by atoms with Crippen molar-refractivity contribution in [3.63, 3.8) is 0 Å². The summed E-state index contributed by atoms with van der Waals surface area (Å²) in [5.74, 6) is 0.377. The molecule has 0 saturated heterocycles. The second-order valence-electron chi connectivity index (χ2n) is 14.7. The summed E-state index contributed by atoms with van der Waals surface area (Å²) in [6.07, 6.45) is 0.0445. The van der Waals surface area contributed by atoms with E-state index in [9.17, 15) is 24.5 Å². The van der Waals surface area contributed by atoms with Gasteiger partial charge in [0.15, 0.2) is 17.2 Å². The molecule has 5 aromatic rings. The largest absolute Gasteiger partial charge is 0.481 e. The number of esters is 2. The molecule has 16 nitrogen and oxygen atoms in total. The van der Waals surface area contributed by atoms with Crippen molar-refractivity contribution in [2.45, 2.75) is 103 Å². The average Bonchev–Trinajstić information content (AvgIpc) is 3.30. The summed E-state index contributed by atoms with van der Waals surface area (Å²) in [5.41, 5.74) is 17.1. The van der Waals surface area contributed by atoms with Crippen molar-refractivity contribution in [3.8, 4) is 5.88 Å². The summed E-state index contributed by atoms with van der Waals surface area (Å²) in [4.78, 5) is 51.5. The summed E-state index contributed by atoms with van der Waals surface area (Å²) >= 11 is 5.10. The average molecular weight is 979 g/mol. The van der Waals surface area contributed by atoms with Crippen molar-refractivity contribution < 1.29 is 43.3 Å². The van der Waals surface area contributed by atoms with Gasteiger partial charge in [-0.2, -0.15) is 0 Å². The zero-order valence-corrected chi connectivity index (χ0v) is 43.5. The molecule has 0 bridgehead atoms. The number of nitrogens with one attached hydrogen (secondary N) is 1. The number of nitro groups is 1. The number of benzene rings is 4. The molecule has 378 valence electrons. The van der Waals surface area contributed by atoms with Gasteiger partial charge in [0.05, 0.1) is 49.7 Å². The number of carbonyl (C=O) groups excluding carboxylic acids is 2. The number of nitrogens with two attached hydrogens (primary N) is 1. The van der Waals surface area contributed by atoms with E-state index in [4.69, 9.17) is 41.6 Å². The topological polar surface area (TPSA) is 227 Å². The first-order valence-electron chi connectivity index (χ1n) is 22.4. The van der Waals surface area contributed by atoms with E-state index in [1.165, 1.54) is 30.4 Å². The SMILES string of the molecule is CCO.CCOC(=O)CC(=Nc1cccc(C)c1C)OCC.CCOC(CC(=O)OC)=NCl.CCOc1cc(=O)c2ccc(C)c(C)c2[nH]1.Cc1cccc(N)c1C.Cc1cccc([N+](=O)[O-])c1C. The number of nitro benzene ring substituents is 1. The number of hydrogen-bond donors (Lipinski definition) is 3. The minimum absolute atomic E-state index is 0.000278. The third-order valence-corrected chi connectivity index (χ3v) is 10.1. The van der Waals surface area contributed by atoms with Crippen LogP contribution in [0.5, 0.6) is 5.88 Å². The quantitative estimate of drug-likeness (QED) is 0.0280. The number of rotatable bonds is 11. The van der Waals surface area contributed by atoms with E-state index in [-0.39, 0.29) is 47.4 Å². The van der Waals surface area contributed by atoms with Crippen molar-refractivity contribution in [1.29, 1.82) is 0 Å². The van der Waals surface area contributed by atoms with Gasteiger partial charge in [0.25, 0.3) is 5.69 Å². The number of aromatic nitrogens is 1. The number of aliphatic imine (C=N–C) groups is 1. The number of carbonyl (C=O) groups is 2. The van der Waals surface area contributed by atoms with Crippen molar-refractivity contribution in [2.75, 3.05) is 45.9 Å². The van der Waals surface area contributed by atoms with Crippen LogP contribution in [0.25, 0.3) is 10.9 Å². The van der Waals surface area contributed by atoms with Gasteiger partial charge >= 0.3 is 11.9 Å².